The zero-order valence-electron chi connectivity index (χ0n) is 7.63. The van der Waals surface area contributed by atoms with Gasteiger partial charge < -0.3 is 47.6 Å². The molecule has 0 bridgehead atoms. The molecule has 0 saturated carbocycles. The van der Waals surface area contributed by atoms with Gasteiger partial charge in [0, 0.05) is 27.5 Å². The van der Waals surface area contributed by atoms with Crippen molar-refractivity contribution in [2.24, 2.45) is 0 Å². The van der Waals surface area contributed by atoms with Crippen molar-refractivity contribution < 1.29 is 116 Å². The van der Waals surface area contributed by atoms with Crippen LogP contribution in [0.4, 0.5) is 0 Å². The summed E-state index contributed by atoms with van der Waals surface area (Å²) >= 11 is 0. The Hall–Kier alpha value is 1.50. The average molecular weight is 367 g/mol. The third kappa shape index (κ3) is 1450. The Labute approximate surface area is 158 Å². The monoisotopic (exact) mass is 367 g/mol. The molecular formula is H2AlKMnO10Si3. The van der Waals surface area contributed by atoms with Gasteiger partial charge in [0.15, 0.2) is 0 Å². The van der Waals surface area contributed by atoms with Gasteiger partial charge in [0.1, 0.15) is 0 Å². The molecule has 10 nitrogen and oxygen atoms in total. The summed E-state index contributed by atoms with van der Waals surface area (Å²) in [6, 6.07) is 0. The van der Waals surface area contributed by atoms with E-state index < -0.39 is 27.5 Å². The van der Waals surface area contributed by atoms with Crippen molar-refractivity contribution in [1.82, 2.24) is 0 Å². The van der Waals surface area contributed by atoms with Gasteiger partial charge in [0.05, 0.1) is 0 Å². The molecule has 16 heteroatoms. The summed E-state index contributed by atoms with van der Waals surface area (Å²) in [5, 5.41) is 0. The molecule has 85 valence electrons. The van der Waals surface area contributed by atoms with Crippen LogP contribution in [0, 0.1) is 0 Å². The van der Waals surface area contributed by atoms with E-state index in [4.69, 9.17) is 42.2 Å². The Morgan fingerprint density at radius 2 is 0.625 bits per heavy atom. The van der Waals surface area contributed by atoms with E-state index in [1.807, 2.05) is 0 Å². The van der Waals surface area contributed by atoms with Crippen molar-refractivity contribution in [3.63, 3.8) is 0 Å². The Morgan fingerprint density at radius 1 is 0.625 bits per heavy atom. The van der Waals surface area contributed by atoms with Crippen molar-refractivity contribution >= 4 is 44.9 Å². The van der Waals surface area contributed by atoms with E-state index in [0.717, 1.165) is 0 Å². The second kappa shape index (κ2) is 36.0. The first-order valence-electron chi connectivity index (χ1n) is 1.84. The summed E-state index contributed by atoms with van der Waals surface area (Å²) in [6.45, 7) is 0. The van der Waals surface area contributed by atoms with Gasteiger partial charge in [0.25, 0.3) is 0 Å². The fourth-order valence-electron chi connectivity index (χ4n) is 0. The van der Waals surface area contributed by atoms with Crippen molar-refractivity contribution in [3.05, 3.63) is 0 Å². The van der Waals surface area contributed by atoms with E-state index in [1.54, 1.807) is 0 Å². The van der Waals surface area contributed by atoms with Crippen LogP contribution in [-0.2, 0) is 30.5 Å². The Bertz CT molecular complexity index is 124. The summed E-state index contributed by atoms with van der Waals surface area (Å²) in [5.41, 5.74) is 0. The van der Waals surface area contributed by atoms with Gasteiger partial charge in [-0.2, -0.15) is 0 Å². The van der Waals surface area contributed by atoms with Gasteiger partial charge >= 0.3 is 85.8 Å². The smallest absolute Gasteiger partial charge is 0.672 e. The molecule has 2 N–H and O–H groups in total. The molecule has 0 fully saturated rings. The minimum atomic E-state index is -3.63. The quantitative estimate of drug-likeness (QED) is 0.370. The van der Waals surface area contributed by atoms with E-state index in [-0.39, 0.29) is 91.3 Å². The zero-order chi connectivity index (χ0) is 10.7. The van der Waals surface area contributed by atoms with Crippen LogP contribution in [0.5, 0.6) is 0 Å². The van der Waals surface area contributed by atoms with E-state index in [0.29, 0.717) is 0 Å². The topological polar surface area (TPSA) is 221 Å². The van der Waals surface area contributed by atoms with Crippen LogP contribution >= 0.6 is 0 Å². The third-order valence-corrected chi connectivity index (χ3v) is 0. The number of hydrogen-bond donors (Lipinski definition) is 0. The van der Waals surface area contributed by atoms with Crippen molar-refractivity contribution in [2.45, 2.75) is 0 Å². The Kier molecular flexibility index (Phi) is 97.1. The van der Waals surface area contributed by atoms with Gasteiger partial charge in [-0.05, 0) is 0 Å². The average Bonchev–Trinajstić information content (AvgIpc) is 1.54. The molecule has 0 aromatic rings. The Morgan fingerprint density at radius 3 is 0.625 bits per heavy atom. The zero-order valence-corrected chi connectivity index (χ0v) is 16.1. The number of hydrogen-bond acceptors (Lipinski definition) is 9. The van der Waals surface area contributed by atoms with Crippen LogP contribution in [0.25, 0.3) is 0 Å². The van der Waals surface area contributed by atoms with E-state index in [1.165, 1.54) is 0 Å². The Balaban J connectivity index is -0.0000000135. The molecule has 0 aliphatic rings. The maximum atomic E-state index is 8.52. The maximum Gasteiger partial charge on any atom is 3.00 e. The minimum absolute atomic E-state index is 0. The molecule has 0 heterocycles. The van der Waals surface area contributed by atoms with Gasteiger partial charge in [-0.1, -0.05) is 0 Å². The maximum absolute atomic E-state index is 8.52. The molecule has 16 heavy (non-hydrogen) atoms. The second-order valence-electron chi connectivity index (χ2n) is 0.750. The van der Waals surface area contributed by atoms with E-state index in [2.05, 4.69) is 0 Å². The predicted octanol–water partition coefficient (Wildman–Crippen LogP) is -12.8. The molecular weight excluding hydrogens is 365 g/mol. The first-order valence-corrected chi connectivity index (χ1v) is 5.51. The van der Waals surface area contributed by atoms with Crippen LogP contribution < -0.4 is 80.2 Å². The molecule has 1 radical (unpaired) electrons. The first-order chi connectivity index (χ1) is 5.20. The molecule has 0 amide bonds. The molecule has 0 aromatic carbocycles. The molecule has 0 unspecified atom stereocenters. The minimum Gasteiger partial charge on any atom is -0.672 e. The summed E-state index contributed by atoms with van der Waals surface area (Å²) in [6.07, 6.45) is 0. The SMILES string of the molecule is O.O=[Si]([O-])[O-].O=[Si]([O-])[O-].O=[Si]([O-])[O-].[Al+3].[K+].[Mn+2]. The summed E-state index contributed by atoms with van der Waals surface area (Å²) < 4.78 is 25.6. The molecule has 0 rings (SSSR count). The normalized spacial score (nSPS) is 4.50. The standard InChI is InChI=1S/Al.K.Mn.3O3Si.H2O/c;;;3*1-4(2)3;/h;;;;;;1H2/q+3;+1;+2;3*-2;. The van der Waals surface area contributed by atoms with Gasteiger partial charge in [-0.15, -0.1) is 0 Å². The van der Waals surface area contributed by atoms with Crippen LogP contribution in [0.2, 0.25) is 0 Å². The summed E-state index contributed by atoms with van der Waals surface area (Å²) in [5.74, 6) is 0. The molecule has 0 spiro atoms. The van der Waals surface area contributed by atoms with Crippen LogP contribution in [0.1, 0.15) is 0 Å². The fraction of sp³-hybridized carbons (Fsp3) is 0. The van der Waals surface area contributed by atoms with Crippen molar-refractivity contribution in [2.75, 3.05) is 0 Å². The number of rotatable bonds is 0. The molecule has 0 aliphatic heterocycles. The summed E-state index contributed by atoms with van der Waals surface area (Å²) in [7, 11) is -10.9. The second-order valence-corrected chi connectivity index (χ2v) is 2.25. The predicted molar refractivity (Wildman–Crippen MR) is 28.7 cm³/mol. The third-order valence-electron chi connectivity index (χ3n) is 0. The molecule has 0 saturated heterocycles. The van der Waals surface area contributed by atoms with Gasteiger partial charge in [-0.25, -0.2) is 0 Å². The van der Waals surface area contributed by atoms with Gasteiger partial charge in [-0.3, -0.25) is 0 Å². The molecule has 0 aliphatic carbocycles. The molecule has 0 aromatic heterocycles. The van der Waals surface area contributed by atoms with E-state index in [9.17, 15) is 0 Å². The van der Waals surface area contributed by atoms with E-state index >= 15 is 0 Å². The van der Waals surface area contributed by atoms with Gasteiger partial charge in [0.2, 0.25) is 0 Å². The first kappa shape index (κ1) is 43.2. The van der Waals surface area contributed by atoms with Crippen LogP contribution in [-0.4, -0.2) is 50.3 Å². The van der Waals surface area contributed by atoms with Crippen LogP contribution in [0.15, 0.2) is 0 Å². The largest absolute Gasteiger partial charge is 3.00 e. The van der Waals surface area contributed by atoms with Crippen molar-refractivity contribution in [3.8, 4) is 0 Å². The van der Waals surface area contributed by atoms with Crippen molar-refractivity contribution in [1.29, 1.82) is 0 Å². The van der Waals surface area contributed by atoms with Crippen LogP contribution in [0.3, 0.4) is 0 Å². The fourth-order valence-corrected chi connectivity index (χ4v) is 0. The summed E-state index contributed by atoms with van der Waals surface area (Å²) in [4.78, 5) is 51.1. The molecule has 0 atom stereocenters.